The molecule has 5 heterocycles. The minimum atomic E-state index is -0.730. The molecule has 2 saturated heterocycles. The van der Waals surface area contributed by atoms with Crippen LogP contribution in [0.4, 0.5) is 9.59 Å². The van der Waals surface area contributed by atoms with Crippen LogP contribution in [0.1, 0.15) is 77.1 Å². The van der Waals surface area contributed by atoms with E-state index in [1.165, 1.54) is 14.2 Å². The largest absolute Gasteiger partial charge is 0.453 e. The number of aromatic amines is 3. The molecule has 0 saturated carbocycles. The highest BCUT2D eigenvalue weighted by Gasteiger charge is 2.39. The number of hydrogen-bond acceptors (Lipinski definition) is 10. The molecule has 2 aromatic carbocycles. The molecule has 0 spiro atoms. The summed E-state index contributed by atoms with van der Waals surface area (Å²) in [5.74, 6) is 0.665. The Morgan fingerprint density at radius 3 is 1.66 bits per heavy atom. The summed E-state index contributed by atoms with van der Waals surface area (Å²) in [5.41, 5.74) is 4.85. The van der Waals surface area contributed by atoms with E-state index in [-0.39, 0.29) is 47.0 Å². The lowest BCUT2D eigenvalue weighted by Gasteiger charge is -2.30. The molecule has 4 unspecified atom stereocenters. The Hall–Kier alpha value is -6.52. The van der Waals surface area contributed by atoms with Gasteiger partial charge in [-0.3, -0.25) is 14.4 Å². The van der Waals surface area contributed by atoms with Crippen molar-refractivity contribution >= 4 is 35.0 Å². The predicted octanol–water partition coefficient (Wildman–Crippen LogP) is 5.46. The van der Waals surface area contributed by atoms with Gasteiger partial charge in [-0.25, -0.2) is 24.5 Å². The van der Waals surface area contributed by atoms with Gasteiger partial charge in [-0.05, 0) is 55.2 Å². The van der Waals surface area contributed by atoms with E-state index in [1.807, 2.05) is 70.2 Å². The fraction of sp³-hybridized carbons (Fsp3) is 0.429. The number of benzene rings is 2. The second-order valence-electron chi connectivity index (χ2n) is 15.7. The van der Waals surface area contributed by atoms with Gasteiger partial charge in [0.2, 0.25) is 11.8 Å². The zero-order valence-electron chi connectivity index (χ0n) is 34.0. The average molecular weight is 807 g/mol. The van der Waals surface area contributed by atoms with Gasteiger partial charge in [0.25, 0.3) is 5.56 Å². The Bertz CT molecular complexity index is 2400. The van der Waals surface area contributed by atoms with Crippen molar-refractivity contribution in [1.82, 2.24) is 50.3 Å². The molecule has 310 valence electrons. The number of hydrogen-bond donors (Lipinski definition) is 5. The molecule has 17 heteroatoms. The normalized spacial score (nSPS) is 17.7. The van der Waals surface area contributed by atoms with Crippen molar-refractivity contribution in [3.05, 3.63) is 76.9 Å². The van der Waals surface area contributed by atoms with Crippen molar-refractivity contribution in [2.75, 3.05) is 27.3 Å². The Balaban J connectivity index is 1.05. The first-order chi connectivity index (χ1) is 28.4. The first-order valence-corrected chi connectivity index (χ1v) is 19.9. The predicted molar refractivity (Wildman–Crippen MR) is 219 cm³/mol. The molecular formula is C42H50N10O7. The number of rotatable bonds is 11. The molecule has 3 aromatic heterocycles. The van der Waals surface area contributed by atoms with E-state index in [0.29, 0.717) is 41.3 Å². The van der Waals surface area contributed by atoms with Crippen LogP contribution in [0.2, 0.25) is 0 Å². The van der Waals surface area contributed by atoms with Gasteiger partial charge in [-0.15, -0.1) is 0 Å². The molecule has 0 aliphatic carbocycles. The molecule has 7 rings (SSSR count). The summed E-state index contributed by atoms with van der Waals surface area (Å²) in [6.45, 7) is 8.61. The van der Waals surface area contributed by atoms with E-state index in [9.17, 15) is 24.0 Å². The molecule has 2 aliphatic heterocycles. The average Bonchev–Trinajstić information content (AvgIpc) is 4.07. The third kappa shape index (κ3) is 8.40. The summed E-state index contributed by atoms with van der Waals surface area (Å²) in [7, 11) is 2.54. The van der Waals surface area contributed by atoms with Crippen molar-refractivity contribution < 1.29 is 28.7 Å². The van der Waals surface area contributed by atoms with Crippen LogP contribution < -0.4 is 16.2 Å². The quantitative estimate of drug-likeness (QED) is 0.113. The van der Waals surface area contributed by atoms with E-state index >= 15 is 0 Å². The number of H-pyrrole nitrogens is 3. The second-order valence-corrected chi connectivity index (χ2v) is 15.7. The molecule has 5 N–H and O–H groups in total. The number of likely N-dealkylation sites (tertiary alicyclic amines) is 2. The number of fused-ring (bicyclic) bond motifs is 1. The van der Waals surface area contributed by atoms with Crippen LogP contribution in [0.3, 0.4) is 0 Å². The van der Waals surface area contributed by atoms with Gasteiger partial charge < -0.3 is 44.9 Å². The zero-order valence-corrected chi connectivity index (χ0v) is 34.0. The Morgan fingerprint density at radius 2 is 1.17 bits per heavy atom. The molecule has 4 atom stereocenters. The Morgan fingerprint density at radius 1 is 0.695 bits per heavy atom. The molecular weight excluding hydrogens is 757 g/mol. The van der Waals surface area contributed by atoms with E-state index in [2.05, 4.69) is 35.6 Å². The molecule has 4 amide bonds. The van der Waals surface area contributed by atoms with Crippen LogP contribution in [-0.4, -0.2) is 103 Å². The van der Waals surface area contributed by atoms with Crippen molar-refractivity contribution in [2.45, 2.75) is 77.5 Å². The highest BCUT2D eigenvalue weighted by Crippen LogP contribution is 2.35. The minimum absolute atomic E-state index is 0.135. The maximum Gasteiger partial charge on any atom is 0.407 e. The van der Waals surface area contributed by atoms with Crippen LogP contribution in [-0.2, 0) is 19.1 Å². The maximum absolute atomic E-state index is 13.6. The molecule has 59 heavy (non-hydrogen) atoms. The first kappa shape index (κ1) is 40.7. The molecule has 2 aliphatic rings. The van der Waals surface area contributed by atoms with Gasteiger partial charge in [0.15, 0.2) is 0 Å². The number of amides is 4. The van der Waals surface area contributed by atoms with Crippen molar-refractivity contribution in [3.8, 4) is 33.8 Å². The number of nitrogens with one attached hydrogen (secondary N) is 5. The smallest absolute Gasteiger partial charge is 0.407 e. The number of nitrogens with zero attached hydrogens (tertiary/aromatic N) is 5. The number of alkyl carbamates (subject to hydrolysis) is 2. The van der Waals surface area contributed by atoms with Crippen molar-refractivity contribution in [2.24, 2.45) is 11.8 Å². The van der Waals surface area contributed by atoms with Crippen LogP contribution in [0.15, 0.2) is 59.7 Å². The van der Waals surface area contributed by atoms with Crippen LogP contribution >= 0.6 is 0 Å². The third-order valence-electron chi connectivity index (χ3n) is 11.1. The molecule has 0 radical (unpaired) electrons. The molecule has 5 aromatic rings. The fourth-order valence-corrected chi connectivity index (χ4v) is 7.95. The van der Waals surface area contributed by atoms with E-state index in [1.54, 1.807) is 22.2 Å². The van der Waals surface area contributed by atoms with Gasteiger partial charge >= 0.3 is 12.2 Å². The molecule has 0 bridgehead atoms. The number of carbonyl (C=O) groups is 4. The van der Waals surface area contributed by atoms with Gasteiger partial charge in [-0.1, -0.05) is 58.0 Å². The van der Waals surface area contributed by atoms with Crippen molar-refractivity contribution in [3.63, 3.8) is 0 Å². The summed E-state index contributed by atoms with van der Waals surface area (Å²) < 4.78 is 9.49. The number of methoxy groups -OCH3 is 2. The highest BCUT2D eigenvalue weighted by atomic mass is 16.5. The molecule has 2 fully saturated rings. The number of imidazole rings is 2. The zero-order chi connectivity index (χ0) is 42.0. The van der Waals surface area contributed by atoms with E-state index in [4.69, 9.17) is 14.5 Å². The number of aromatic nitrogens is 6. The third-order valence-corrected chi connectivity index (χ3v) is 11.1. The van der Waals surface area contributed by atoms with Crippen molar-refractivity contribution in [1.29, 1.82) is 0 Å². The van der Waals surface area contributed by atoms with Crippen LogP contribution in [0, 0.1) is 11.8 Å². The summed E-state index contributed by atoms with van der Waals surface area (Å²) in [6.07, 6.45) is 5.22. The monoisotopic (exact) mass is 806 g/mol. The summed E-state index contributed by atoms with van der Waals surface area (Å²) >= 11 is 0. The SMILES string of the molecule is COC(=O)NC(C(=O)N1CCCC1c1ncc(-c2ccc(-c3nc4ccc(-c5cnc(C6CCCN6C(=O)C(NC(=O)OC)C(C)C)[nH]5)cc4[nH]c3=O)cc2)[nH]1)C(C)C. The fourth-order valence-electron chi connectivity index (χ4n) is 7.95. The molecule has 17 nitrogen and oxygen atoms in total. The Kier molecular flexibility index (Phi) is 11.8. The van der Waals surface area contributed by atoms with Crippen LogP contribution in [0.5, 0.6) is 0 Å². The Labute approximate surface area is 340 Å². The topological polar surface area (TPSA) is 220 Å². The lowest BCUT2D eigenvalue weighted by Crippen LogP contribution is -2.51. The number of ether oxygens (including phenoxy) is 2. The summed E-state index contributed by atoms with van der Waals surface area (Å²) in [5, 5.41) is 5.35. The minimum Gasteiger partial charge on any atom is -0.453 e. The van der Waals surface area contributed by atoms with Gasteiger partial charge in [0, 0.05) is 24.2 Å². The second kappa shape index (κ2) is 17.1. The lowest BCUT2D eigenvalue weighted by molar-refractivity contribution is -0.136. The lowest BCUT2D eigenvalue weighted by atomic mass is 10.0. The summed E-state index contributed by atoms with van der Waals surface area (Å²) in [4.78, 5) is 91.7. The maximum atomic E-state index is 13.6. The van der Waals surface area contributed by atoms with Gasteiger partial charge in [0.05, 0.1) is 61.1 Å². The van der Waals surface area contributed by atoms with E-state index in [0.717, 1.165) is 48.2 Å². The van der Waals surface area contributed by atoms with Gasteiger partial charge in [0.1, 0.15) is 29.4 Å². The van der Waals surface area contributed by atoms with E-state index < -0.39 is 24.3 Å². The van der Waals surface area contributed by atoms with Crippen LogP contribution in [0.25, 0.3) is 44.8 Å². The van der Waals surface area contributed by atoms with Gasteiger partial charge in [-0.2, -0.15) is 0 Å². The first-order valence-electron chi connectivity index (χ1n) is 19.9. The highest BCUT2D eigenvalue weighted by molar-refractivity contribution is 5.87. The number of carbonyl (C=O) groups excluding carboxylic acids is 4. The standard InChI is InChI=1S/C42H50N10O7/c1-22(2)33(49-41(56)58-5)39(54)51-17-7-9-31(51)36-43-20-29(46-36)24-11-13-25(14-12-24)35-38(53)48-28-19-26(15-16-27(28)45-35)30-21-44-37(47-30)32-10-8-18-52(32)40(55)34(23(3)4)50-42(57)59-6/h11-16,19-23,31-34H,7-10,17-18H2,1-6H3,(H,43,46)(H,44,47)(H,48,53)(H,49,56)(H,50,57). The summed E-state index contributed by atoms with van der Waals surface area (Å²) in [6, 6.07) is 11.0.